The van der Waals surface area contributed by atoms with Gasteiger partial charge in [0.05, 0.1) is 29.7 Å². The van der Waals surface area contributed by atoms with E-state index in [-0.39, 0.29) is 22.8 Å². The van der Waals surface area contributed by atoms with Crippen molar-refractivity contribution in [2.24, 2.45) is 5.92 Å². The minimum absolute atomic E-state index is 0.0515. The van der Waals surface area contributed by atoms with Gasteiger partial charge in [-0.25, -0.2) is 13.2 Å². The minimum atomic E-state index is -3.71. The highest BCUT2D eigenvalue weighted by Crippen LogP contribution is 2.28. The van der Waals surface area contributed by atoms with Crippen molar-refractivity contribution in [2.75, 3.05) is 32.1 Å². The number of anilines is 1. The first-order valence-electron chi connectivity index (χ1n) is 10.5. The predicted octanol–water partition coefficient (Wildman–Crippen LogP) is 3.54. The van der Waals surface area contributed by atoms with Gasteiger partial charge in [-0.2, -0.15) is 4.31 Å². The number of hydrogen-bond acceptors (Lipinski definition) is 6. The van der Waals surface area contributed by atoms with Gasteiger partial charge in [0.2, 0.25) is 10.0 Å². The molecule has 0 saturated carbocycles. The quantitative estimate of drug-likeness (QED) is 0.634. The van der Waals surface area contributed by atoms with Crippen LogP contribution in [0, 0.1) is 5.92 Å². The van der Waals surface area contributed by atoms with Crippen LogP contribution in [0.5, 0.6) is 5.75 Å². The lowest BCUT2D eigenvalue weighted by Gasteiger charge is -2.29. The van der Waals surface area contributed by atoms with E-state index in [2.05, 4.69) is 12.2 Å². The van der Waals surface area contributed by atoms with Crippen LogP contribution in [0.3, 0.4) is 0 Å². The Kier molecular flexibility index (Phi) is 7.52. The van der Waals surface area contributed by atoms with E-state index in [1.807, 2.05) is 0 Å². The number of hydrogen-bond donors (Lipinski definition) is 1. The van der Waals surface area contributed by atoms with Crippen molar-refractivity contribution in [2.45, 2.75) is 31.6 Å². The van der Waals surface area contributed by atoms with E-state index < -0.39 is 21.9 Å². The summed E-state index contributed by atoms with van der Waals surface area (Å²) in [6.07, 6.45) is 1.62. The van der Waals surface area contributed by atoms with Crippen LogP contribution in [0.15, 0.2) is 47.4 Å². The fourth-order valence-electron chi connectivity index (χ4n) is 3.50. The highest BCUT2D eigenvalue weighted by Gasteiger charge is 2.29. The first kappa shape index (κ1) is 23.7. The van der Waals surface area contributed by atoms with Crippen molar-refractivity contribution in [3.8, 4) is 5.75 Å². The summed E-state index contributed by atoms with van der Waals surface area (Å²) in [6, 6.07) is 10.5. The summed E-state index contributed by atoms with van der Waals surface area (Å²) < 4.78 is 37.9. The average molecular weight is 461 g/mol. The molecule has 32 heavy (non-hydrogen) atoms. The van der Waals surface area contributed by atoms with Crippen molar-refractivity contribution in [1.29, 1.82) is 0 Å². The maximum Gasteiger partial charge on any atom is 0.338 e. The Balaban J connectivity index is 1.82. The van der Waals surface area contributed by atoms with Gasteiger partial charge in [-0.1, -0.05) is 6.92 Å². The zero-order chi connectivity index (χ0) is 23.3. The molecule has 0 unspecified atom stereocenters. The van der Waals surface area contributed by atoms with Gasteiger partial charge in [0.1, 0.15) is 5.75 Å². The van der Waals surface area contributed by atoms with E-state index in [1.54, 1.807) is 31.2 Å². The van der Waals surface area contributed by atoms with Gasteiger partial charge in [0.25, 0.3) is 5.91 Å². The number of sulfonamides is 1. The van der Waals surface area contributed by atoms with Gasteiger partial charge in [0.15, 0.2) is 0 Å². The number of benzene rings is 2. The molecular formula is C23H28N2O6S. The highest BCUT2D eigenvalue weighted by molar-refractivity contribution is 7.89. The summed E-state index contributed by atoms with van der Waals surface area (Å²) in [5.74, 6) is -0.210. The Morgan fingerprint density at radius 1 is 1.09 bits per heavy atom. The van der Waals surface area contributed by atoms with Crippen LogP contribution in [0.4, 0.5) is 5.69 Å². The fraction of sp³-hybridized carbons (Fsp3) is 0.391. The second kappa shape index (κ2) is 10.1. The van der Waals surface area contributed by atoms with Crippen LogP contribution in [-0.2, 0) is 14.8 Å². The molecule has 0 radical (unpaired) electrons. The van der Waals surface area contributed by atoms with Crippen LogP contribution in [0.25, 0.3) is 0 Å². The molecule has 172 valence electrons. The zero-order valence-corrected chi connectivity index (χ0v) is 19.3. The minimum Gasteiger partial charge on any atom is -0.496 e. The Morgan fingerprint density at radius 2 is 1.75 bits per heavy atom. The molecule has 1 heterocycles. The van der Waals surface area contributed by atoms with Crippen molar-refractivity contribution in [3.63, 3.8) is 0 Å². The first-order valence-corrected chi connectivity index (χ1v) is 12.0. The normalized spacial score (nSPS) is 15.2. The van der Waals surface area contributed by atoms with Crippen molar-refractivity contribution in [3.05, 3.63) is 53.6 Å². The molecule has 1 aliphatic heterocycles. The van der Waals surface area contributed by atoms with Gasteiger partial charge < -0.3 is 14.8 Å². The number of nitrogens with one attached hydrogen (secondary N) is 1. The highest BCUT2D eigenvalue weighted by atomic mass is 32.2. The Hall–Kier alpha value is -2.91. The lowest BCUT2D eigenvalue weighted by molar-refractivity contribution is 0.0526. The molecule has 1 aliphatic rings. The van der Waals surface area contributed by atoms with E-state index in [1.165, 1.54) is 29.6 Å². The van der Waals surface area contributed by atoms with Gasteiger partial charge in [0, 0.05) is 18.8 Å². The van der Waals surface area contributed by atoms with Crippen molar-refractivity contribution >= 4 is 27.6 Å². The molecule has 9 heteroatoms. The van der Waals surface area contributed by atoms with Gasteiger partial charge >= 0.3 is 5.97 Å². The molecule has 0 bridgehead atoms. The number of methoxy groups -OCH3 is 1. The summed E-state index contributed by atoms with van der Waals surface area (Å²) in [5, 5.41) is 2.72. The van der Waals surface area contributed by atoms with E-state index in [0.717, 1.165) is 12.8 Å². The molecule has 1 N–H and O–H groups in total. The first-order chi connectivity index (χ1) is 15.3. The standard InChI is InChI=1S/C23H28N2O6S/c1-4-31-23(27)17-5-7-18(8-6-17)24-22(26)20-15-19(9-10-21(20)30-3)32(28,29)25-13-11-16(2)12-14-25/h5-10,15-16H,4,11-14H2,1-3H3,(H,24,26). The Bertz CT molecular complexity index is 1070. The van der Waals surface area contributed by atoms with Crippen LogP contribution < -0.4 is 10.1 Å². The molecule has 0 aliphatic carbocycles. The van der Waals surface area contributed by atoms with Gasteiger partial charge in [-0.05, 0) is 68.1 Å². The molecule has 1 amide bonds. The average Bonchev–Trinajstić information content (AvgIpc) is 2.79. The van der Waals surface area contributed by atoms with Gasteiger partial charge in [-0.15, -0.1) is 0 Å². The molecule has 1 fully saturated rings. The third kappa shape index (κ3) is 5.28. The lowest BCUT2D eigenvalue weighted by atomic mass is 10.0. The summed E-state index contributed by atoms with van der Waals surface area (Å²) >= 11 is 0. The molecule has 2 aromatic carbocycles. The van der Waals surface area contributed by atoms with Crippen molar-refractivity contribution in [1.82, 2.24) is 4.31 Å². The maximum atomic E-state index is 13.1. The topological polar surface area (TPSA) is 102 Å². The van der Waals surface area contributed by atoms with Crippen molar-refractivity contribution < 1.29 is 27.5 Å². The number of ether oxygens (including phenoxy) is 2. The number of amides is 1. The number of rotatable bonds is 7. The Morgan fingerprint density at radius 3 is 2.34 bits per heavy atom. The molecule has 8 nitrogen and oxygen atoms in total. The number of nitrogens with zero attached hydrogens (tertiary/aromatic N) is 1. The number of esters is 1. The second-order valence-electron chi connectivity index (χ2n) is 7.70. The molecule has 3 rings (SSSR count). The largest absolute Gasteiger partial charge is 0.496 e. The van der Waals surface area contributed by atoms with E-state index in [9.17, 15) is 18.0 Å². The Labute approximate surface area is 188 Å². The van der Waals surface area contributed by atoms with Crippen LogP contribution in [0.2, 0.25) is 0 Å². The van der Waals surface area contributed by atoms with E-state index in [0.29, 0.717) is 30.3 Å². The molecular weight excluding hydrogens is 432 g/mol. The van der Waals surface area contributed by atoms with Gasteiger partial charge in [-0.3, -0.25) is 4.79 Å². The van der Waals surface area contributed by atoms with E-state index in [4.69, 9.17) is 9.47 Å². The molecule has 1 saturated heterocycles. The summed E-state index contributed by atoms with van der Waals surface area (Å²) in [5.41, 5.74) is 0.920. The SMILES string of the molecule is CCOC(=O)c1ccc(NC(=O)c2cc(S(=O)(=O)N3CCC(C)CC3)ccc2OC)cc1. The lowest BCUT2D eigenvalue weighted by Crippen LogP contribution is -2.37. The summed E-state index contributed by atoms with van der Waals surface area (Å²) in [4.78, 5) is 24.8. The molecule has 0 spiro atoms. The van der Waals surface area contributed by atoms with Crippen LogP contribution in [-0.4, -0.2) is 51.4 Å². The summed E-state index contributed by atoms with van der Waals surface area (Å²) in [7, 11) is -2.30. The summed E-state index contributed by atoms with van der Waals surface area (Å²) in [6.45, 7) is 5.03. The number of carbonyl (C=O) groups is 2. The number of carbonyl (C=O) groups excluding carboxylic acids is 2. The third-order valence-corrected chi connectivity index (χ3v) is 7.34. The zero-order valence-electron chi connectivity index (χ0n) is 18.5. The smallest absolute Gasteiger partial charge is 0.338 e. The third-order valence-electron chi connectivity index (χ3n) is 5.45. The predicted molar refractivity (Wildman–Crippen MR) is 121 cm³/mol. The maximum absolute atomic E-state index is 13.1. The monoisotopic (exact) mass is 460 g/mol. The fourth-order valence-corrected chi connectivity index (χ4v) is 5.00. The second-order valence-corrected chi connectivity index (χ2v) is 9.64. The van der Waals surface area contributed by atoms with E-state index >= 15 is 0 Å². The van der Waals surface area contributed by atoms with Crippen LogP contribution >= 0.6 is 0 Å². The molecule has 0 aromatic heterocycles. The van der Waals surface area contributed by atoms with Crippen LogP contribution in [0.1, 0.15) is 47.4 Å². The molecule has 0 atom stereocenters. The number of piperidine rings is 1. The molecule has 2 aromatic rings.